The number of hydrogen-bond donors (Lipinski definition) is 2. The van der Waals surface area contributed by atoms with Gasteiger partial charge in [0.2, 0.25) is 0 Å². The molecule has 2 aromatic rings. The highest BCUT2D eigenvalue weighted by Gasteiger charge is 2.20. The normalized spacial score (nSPS) is 11.8. The lowest BCUT2D eigenvalue weighted by molar-refractivity contribution is 0.0918. The van der Waals surface area contributed by atoms with Gasteiger partial charge in [-0.15, -0.1) is 0 Å². The number of amides is 1. The topological polar surface area (TPSA) is 68.3 Å². The molecule has 0 aliphatic carbocycles. The second-order valence-electron chi connectivity index (χ2n) is 4.15. The van der Waals surface area contributed by atoms with Gasteiger partial charge in [0, 0.05) is 5.56 Å². The van der Waals surface area contributed by atoms with E-state index in [0.717, 1.165) is 11.1 Å². The molecule has 5 heteroatoms. The molecule has 4 nitrogen and oxygen atoms in total. The molecule has 1 aromatic heterocycles. The van der Waals surface area contributed by atoms with Crippen molar-refractivity contribution in [3.05, 3.63) is 59.5 Å². The van der Waals surface area contributed by atoms with Crippen LogP contribution < -0.4 is 11.1 Å². The van der Waals surface area contributed by atoms with E-state index in [1.54, 1.807) is 13.0 Å². The van der Waals surface area contributed by atoms with Crippen LogP contribution in [0.2, 0.25) is 0 Å². The van der Waals surface area contributed by atoms with Crippen molar-refractivity contribution in [2.75, 3.05) is 0 Å². The van der Waals surface area contributed by atoms with E-state index in [0.29, 0.717) is 0 Å². The molecule has 1 atom stereocenters. The lowest BCUT2D eigenvalue weighted by Crippen LogP contribution is -2.36. The van der Waals surface area contributed by atoms with Crippen LogP contribution >= 0.6 is 12.2 Å². The summed E-state index contributed by atoms with van der Waals surface area (Å²) in [7, 11) is 0. The summed E-state index contributed by atoms with van der Waals surface area (Å²) in [6.07, 6.45) is 1.47. The number of furan rings is 1. The molecular weight excluding hydrogens is 260 g/mol. The Morgan fingerprint density at radius 2 is 2.00 bits per heavy atom. The summed E-state index contributed by atoms with van der Waals surface area (Å²) in [6.45, 7) is 1.80. The molecule has 1 aromatic carbocycles. The number of thiocarbonyl (C=S) groups is 1. The predicted octanol–water partition coefficient (Wildman–Crippen LogP) is 2.35. The molecule has 0 aliphatic rings. The van der Waals surface area contributed by atoms with Crippen LogP contribution in [-0.2, 0) is 0 Å². The molecule has 0 spiro atoms. The highest BCUT2D eigenvalue weighted by molar-refractivity contribution is 7.80. The van der Waals surface area contributed by atoms with Crippen molar-refractivity contribution >= 4 is 23.1 Å². The van der Waals surface area contributed by atoms with Gasteiger partial charge in [0.05, 0.1) is 6.26 Å². The van der Waals surface area contributed by atoms with Gasteiger partial charge in [0.15, 0.2) is 5.76 Å². The number of nitrogens with one attached hydrogen (secondary N) is 1. The fraction of sp³-hybridized carbons (Fsp3) is 0.143. The van der Waals surface area contributed by atoms with Gasteiger partial charge in [-0.05, 0) is 18.6 Å². The molecule has 2 rings (SSSR count). The monoisotopic (exact) mass is 274 g/mol. The van der Waals surface area contributed by atoms with Crippen molar-refractivity contribution in [2.45, 2.75) is 13.0 Å². The maximum Gasteiger partial charge on any atom is 0.288 e. The second-order valence-corrected chi connectivity index (χ2v) is 4.62. The summed E-state index contributed by atoms with van der Waals surface area (Å²) in [5.74, 6) is -0.0543. The van der Waals surface area contributed by atoms with Crippen LogP contribution in [0.4, 0.5) is 0 Å². The van der Waals surface area contributed by atoms with E-state index in [1.807, 2.05) is 30.3 Å². The average Bonchev–Trinajstić information content (AvgIpc) is 2.82. The van der Waals surface area contributed by atoms with Gasteiger partial charge in [0.25, 0.3) is 5.91 Å². The third kappa shape index (κ3) is 3.00. The Labute approximate surface area is 116 Å². The number of rotatable bonds is 4. The van der Waals surface area contributed by atoms with Crippen molar-refractivity contribution < 1.29 is 9.21 Å². The van der Waals surface area contributed by atoms with E-state index in [2.05, 4.69) is 5.32 Å². The van der Waals surface area contributed by atoms with Crippen molar-refractivity contribution in [3.63, 3.8) is 0 Å². The number of aryl methyl sites for hydroxylation is 1. The van der Waals surface area contributed by atoms with Gasteiger partial charge >= 0.3 is 0 Å². The summed E-state index contributed by atoms with van der Waals surface area (Å²) >= 11 is 5.01. The van der Waals surface area contributed by atoms with Crippen LogP contribution in [0.25, 0.3) is 0 Å². The first kappa shape index (κ1) is 13.3. The number of benzene rings is 1. The largest absolute Gasteiger partial charge is 0.459 e. The number of carbonyl (C=O) groups excluding carboxylic acids is 1. The zero-order valence-corrected chi connectivity index (χ0v) is 11.2. The van der Waals surface area contributed by atoms with Crippen molar-refractivity contribution in [3.8, 4) is 0 Å². The highest BCUT2D eigenvalue weighted by Crippen LogP contribution is 2.15. The highest BCUT2D eigenvalue weighted by atomic mass is 32.1. The Balaban J connectivity index is 2.21. The van der Waals surface area contributed by atoms with Crippen LogP contribution in [-0.4, -0.2) is 10.9 Å². The molecule has 1 amide bonds. The van der Waals surface area contributed by atoms with Gasteiger partial charge < -0.3 is 15.5 Å². The Morgan fingerprint density at radius 1 is 1.32 bits per heavy atom. The first-order chi connectivity index (χ1) is 9.09. The van der Waals surface area contributed by atoms with Gasteiger partial charge in [-0.25, -0.2) is 0 Å². The molecule has 0 saturated carbocycles. The molecule has 0 aliphatic heterocycles. The van der Waals surface area contributed by atoms with E-state index in [-0.39, 0.29) is 16.7 Å². The van der Waals surface area contributed by atoms with E-state index in [1.165, 1.54) is 6.26 Å². The standard InChI is InChI=1S/C14H14N2O2S/c1-9-7-8-18-12(9)14(17)16-11(13(15)19)10-5-3-2-4-6-10/h2-8,11H,1H3,(H2,15,19)(H,16,17). The molecule has 19 heavy (non-hydrogen) atoms. The minimum atomic E-state index is -0.506. The van der Waals surface area contributed by atoms with E-state index in [4.69, 9.17) is 22.4 Å². The lowest BCUT2D eigenvalue weighted by atomic mass is 10.1. The lowest BCUT2D eigenvalue weighted by Gasteiger charge is -2.17. The Morgan fingerprint density at radius 3 is 2.53 bits per heavy atom. The van der Waals surface area contributed by atoms with Gasteiger partial charge in [0.1, 0.15) is 11.0 Å². The maximum absolute atomic E-state index is 12.1. The minimum Gasteiger partial charge on any atom is -0.459 e. The van der Waals surface area contributed by atoms with Gasteiger partial charge in [-0.3, -0.25) is 4.79 Å². The molecule has 98 valence electrons. The molecule has 1 unspecified atom stereocenters. The molecule has 0 radical (unpaired) electrons. The number of hydrogen-bond acceptors (Lipinski definition) is 3. The van der Waals surface area contributed by atoms with Crippen molar-refractivity contribution in [1.82, 2.24) is 5.32 Å². The zero-order valence-electron chi connectivity index (χ0n) is 10.4. The SMILES string of the molecule is Cc1ccoc1C(=O)NC(C(N)=S)c1ccccc1. The van der Waals surface area contributed by atoms with E-state index < -0.39 is 6.04 Å². The molecule has 3 N–H and O–H groups in total. The Kier molecular flexibility index (Phi) is 3.97. The Bertz CT molecular complexity index is 593. The summed E-state index contributed by atoms with van der Waals surface area (Å²) in [5.41, 5.74) is 7.31. The third-order valence-corrected chi connectivity index (χ3v) is 3.00. The summed E-state index contributed by atoms with van der Waals surface area (Å²) in [5, 5.41) is 2.78. The van der Waals surface area contributed by atoms with E-state index in [9.17, 15) is 4.79 Å². The first-order valence-corrected chi connectivity index (χ1v) is 6.19. The van der Waals surface area contributed by atoms with Crippen LogP contribution in [0.3, 0.4) is 0 Å². The fourth-order valence-electron chi connectivity index (χ4n) is 1.77. The smallest absolute Gasteiger partial charge is 0.288 e. The molecule has 1 heterocycles. The zero-order chi connectivity index (χ0) is 13.8. The van der Waals surface area contributed by atoms with Crippen LogP contribution in [0.1, 0.15) is 27.7 Å². The van der Waals surface area contributed by atoms with E-state index >= 15 is 0 Å². The quantitative estimate of drug-likeness (QED) is 0.840. The third-order valence-electron chi connectivity index (χ3n) is 2.76. The van der Waals surface area contributed by atoms with Gasteiger partial charge in [-0.2, -0.15) is 0 Å². The van der Waals surface area contributed by atoms with Crippen molar-refractivity contribution in [1.29, 1.82) is 0 Å². The minimum absolute atomic E-state index is 0.212. The van der Waals surface area contributed by atoms with Crippen LogP contribution in [0, 0.1) is 6.92 Å². The molecule has 0 saturated heterocycles. The Hall–Kier alpha value is -2.14. The van der Waals surface area contributed by atoms with Crippen LogP contribution in [0.5, 0.6) is 0 Å². The molecule has 0 fully saturated rings. The fourth-order valence-corrected chi connectivity index (χ4v) is 1.96. The first-order valence-electron chi connectivity index (χ1n) is 5.79. The summed E-state index contributed by atoms with van der Waals surface area (Å²) in [4.78, 5) is 12.3. The predicted molar refractivity (Wildman–Crippen MR) is 76.9 cm³/mol. The van der Waals surface area contributed by atoms with Crippen molar-refractivity contribution in [2.24, 2.45) is 5.73 Å². The molecular formula is C14H14N2O2S. The maximum atomic E-state index is 12.1. The van der Waals surface area contributed by atoms with Crippen LogP contribution in [0.15, 0.2) is 47.1 Å². The number of nitrogens with two attached hydrogens (primary N) is 1. The number of carbonyl (C=O) groups is 1. The average molecular weight is 274 g/mol. The molecule has 0 bridgehead atoms. The van der Waals surface area contributed by atoms with Gasteiger partial charge in [-0.1, -0.05) is 42.5 Å². The summed E-state index contributed by atoms with van der Waals surface area (Å²) in [6, 6.07) is 10.6. The second kappa shape index (κ2) is 5.67. The summed E-state index contributed by atoms with van der Waals surface area (Å²) < 4.78 is 5.15.